The molecule has 2 unspecified atom stereocenters. The Morgan fingerprint density at radius 3 is 3.00 bits per heavy atom. The monoisotopic (exact) mass is 237 g/mol. The van der Waals surface area contributed by atoms with Crippen molar-refractivity contribution in [2.45, 2.75) is 32.4 Å². The zero-order chi connectivity index (χ0) is 12.3. The predicted octanol–water partition coefficient (Wildman–Crippen LogP) is 1.07. The molecule has 2 heterocycles. The second kappa shape index (κ2) is 5.31. The Labute approximate surface area is 101 Å². The smallest absolute Gasteiger partial charge is 0.320 e. The van der Waals surface area contributed by atoms with Gasteiger partial charge >= 0.3 is 5.97 Å². The van der Waals surface area contributed by atoms with Gasteiger partial charge in [-0.3, -0.25) is 14.4 Å². The molecule has 1 aliphatic rings. The molecular formula is C12H19N3O2. The summed E-state index contributed by atoms with van der Waals surface area (Å²) in [6.45, 7) is 4.51. The van der Waals surface area contributed by atoms with E-state index in [1.807, 2.05) is 16.9 Å². The van der Waals surface area contributed by atoms with E-state index in [4.69, 9.17) is 0 Å². The number of carboxylic acid groups (broad SMARTS) is 1. The van der Waals surface area contributed by atoms with Crippen LogP contribution in [0.15, 0.2) is 18.5 Å². The average molecular weight is 237 g/mol. The number of carbonyl (C=O) groups is 1. The molecule has 1 N–H and O–H groups in total. The first-order chi connectivity index (χ1) is 8.16. The van der Waals surface area contributed by atoms with Gasteiger partial charge in [-0.1, -0.05) is 6.92 Å². The molecule has 0 spiro atoms. The van der Waals surface area contributed by atoms with E-state index in [1.165, 1.54) is 0 Å². The van der Waals surface area contributed by atoms with Gasteiger partial charge in [0, 0.05) is 18.9 Å². The number of likely N-dealkylation sites (tertiary alicyclic amines) is 1. The SMILES string of the molecule is CC1CCN(CCn2cccn2)C(C(=O)O)C1. The van der Waals surface area contributed by atoms with Crippen molar-refractivity contribution in [3.63, 3.8) is 0 Å². The number of aromatic nitrogens is 2. The number of hydrogen-bond acceptors (Lipinski definition) is 3. The number of nitrogens with zero attached hydrogens (tertiary/aromatic N) is 3. The maximum Gasteiger partial charge on any atom is 0.320 e. The Bertz CT molecular complexity index is 364. The van der Waals surface area contributed by atoms with E-state index in [0.29, 0.717) is 5.92 Å². The van der Waals surface area contributed by atoms with Crippen molar-refractivity contribution < 1.29 is 9.90 Å². The molecule has 1 aromatic rings. The second-order valence-electron chi connectivity index (χ2n) is 4.79. The van der Waals surface area contributed by atoms with Crippen molar-refractivity contribution in [2.75, 3.05) is 13.1 Å². The summed E-state index contributed by atoms with van der Waals surface area (Å²) in [5, 5.41) is 13.3. The molecule has 1 saturated heterocycles. The molecule has 1 aliphatic heterocycles. The van der Waals surface area contributed by atoms with Crippen LogP contribution in [0.3, 0.4) is 0 Å². The summed E-state index contributed by atoms with van der Waals surface area (Å²) in [5.41, 5.74) is 0. The van der Waals surface area contributed by atoms with Crippen molar-refractivity contribution in [3.8, 4) is 0 Å². The topological polar surface area (TPSA) is 58.4 Å². The van der Waals surface area contributed by atoms with Gasteiger partial charge in [-0.15, -0.1) is 0 Å². The van der Waals surface area contributed by atoms with Crippen LogP contribution < -0.4 is 0 Å². The minimum atomic E-state index is -0.697. The molecule has 5 heteroatoms. The Hall–Kier alpha value is -1.36. The number of rotatable bonds is 4. The van der Waals surface area contributed by atoms with Gasteiger partial charge in [0.1, 0.15) is 6.04 Å². The fraction of sp³-hybridized carbons (Fsp3) is 0.667. The Balaban J connectivity index is 1.91. The lowest BCUT2D eigenvalue weighted by molar-refractivity contribution is -0.145. The highest BCUT2D eigenvalue weighted by Crippen LogP contribution is 2.22. The van der Waals surface area contributed by atoms with Crippen molar-refractivity contribution in [1.82, 2.24) is 14.7 Å². The van der Waals surface area contributed by atoms with Crippen LogP contribution in [0.1, 0.15) is 19.8 Å². The largest absolute Gasteiger partial charge is 0.480 e. The van der Waals surface area contributed by atoms with Gasteiger partial charge in [0.15, 0.2) is 0 Å². The Morgan fingerprint density at radius 2 is 2.35 bits per heavy atom. The number of aliphatic carboxylic acids is 1. The van der Waals surface area contributed by atoms with E-state index >= 15 is 0 Å². The molecule has 0 saturated carbocycles. The van der Waals surface area contributed by atoms with Gasteiger partial charge in [0.25, 0.3) is 0 Å². The zero-order valence-electron chi connectivity index (χ0n) is 10.1. The maximum absolute atomic E-state index is 11.2. The van der Waals surface area contributed by atoms with Crippen LogP contribution in [0, 0.1) is 5.92 Å². The van der Waals surface area contributed by atoms with Crippen molar-refractivity contribution >= 4 is 5.97 Å². The molecule has 94 valence electrons. The minimum Gasteiger partial charge on any atom is -0.480 e. The van der Waals surface area contributed by atoms with Gasteiger partial charge < -0.3 is 5.11 Å². The molecule has 0 aliphatic carbocycles. The summed E-state index contributed by atoms with van der Waals surface area (Å²) >= 11 is 0. The molecule has 1 fully saturated rings. The van der Waals surface area contributed by atoms with Crippen molar-refractivity contribution in [3.05, 3.63) is 18.5 Å². The molecule has 1 aromatic heterocycles. The van der Waals surface area contributed by atoms with Crippen LogP contribution in [-0.2, 0) is 11.3 Å². The zero-order valence-corrected chi connectivity index (χ0v) is 10.1. The van der Waals surface area contributed by atoms with Gasteiger partial charge in [0.2, 0.25) is 0 Å². The summed E-state index contributed by atoms with van der Waals surface area (Å²) in [6, 6.07) is 1.56. The molecule has 2 rings (SSSR count). The Kier molecular flexibility index (Phi) is 3.78. The van der Waals surface area contributed by atoms with Crippen LogP contribution in [0.2, 0.25) is 0 Å². The molecular weight excluding hydrogens is 218 g/mol. The van der Waals surface area contributed by atoms with Crippen LogP contribution in [0.4, 0.5) is 0 Å². The van der Waals surface area contributed by atoms with Crippen molar-refractivity contribution in [1.29, 1.82) is 0 Å². The summed E-state index contributed by atoms with van der Waals surface area (Å²) < 4.78 is 1.84. The van der Waals surface area contributed by atoms with Gasteiger partial charge in [-0.25, -0.2) is 0 Å². The first-order valence-corrected chi connectivity index (χ1v) is 6.11. The third kappa shape index (κ3) is 3.06. The van der Waals surface area contributed by atoms with E-state index in [1.54, 1.807) is 6.20 Å². The molecule has 17 heavy (non-hydrogen) atoms. The lowest BCUT2D eigenvalue weighted by Gasteiger charge is -2.35. The number of carboxylic acids is 1. The molecule has 2 atom stereocenters. The van der Waals surface area contributed by atoms with Crippen LogP contribution in [-0.4, -0.2) is 44.9 Å². The van der Waals surface area contributed by atoms with Crippen molar-refractivity contribution in [2.24, 2.45) is 5.92 Å². The number of hydrogen-bond donors (Lipinski definition) is 1. The third-order valence-electron chi connectivity index (χ3n) is 3.44. The van der Waals surface area contributed by atoms with E-state index in [-0.39, 0.29) is 6.04 Å². The number of piperidine rings is 1. The van der Waals surface area contributed by atoms with E-state index in [0.717, 1.165) is 32.5 Å². The molecule has 0 amide bonds. The van der Waals surface area contributed by atoms with Gasteiger partial charge in [-0.2, -0.15) is 5.10 Å². The Morgan fingerprint density at radius 1 is 1.53 bits per heavy atom. The molecule has 5 nitrogen and oxygen atoms in total. The van der Waals surface area contributed by atoms with Crippen LogP contribution in [0.5, 0.6) is 0 Å². The van der Waals surface area contributed by atoms with Gasteiger partial charge in [-0.05, 0) is 31.4 Å². The highest BCUT2D eigenvalue weighted by atomic mass is 16.4. The molecule has 0 aromatic carbocycles. The fourth-order valence-electron chi connectivity index (χ4n) is 2.38. The lowest BCUT2D eigenvalue weighted by atomic mass is 9.92. The molecule has 0 bridgehead atoms. The average Bonchev–Trinajstić information content (AvgIpc) is 2.80. The summed E-state index contributed by atoms with van der Waals surface area (Å²) in [7, 11) is 0. The quantitative estimate of drug-likeness (QED) is 0.851. The highest BCUT2D eigenvalue weighted by molar-refractivity contribution is 5.73. The standard InChI is InChI=1S/C12H19N3O2/c1-10-3-6-14(11(9-10)12(16)17)7-8-15-5-2-4-13-15/h2,4-5,10-11H,3,6-9H2,1H3,(H,16,17). The summed E-state index contributed by atoms with van der Waals surface area (Å²) in [5.74, 6) is -0.186. The minimum absolute atomic E-state index is 0.325. The first kappa shape index (κ1) is 12.1. The van der Waals surface area contributed by atoms with E-state index < -0.39 is 5.97 Å². The maximum atomic E-state index is 11.2. The van der Waals surface area contributed by atoms with E-state index in [2.05, 4.69) is 16.9 Å². The van der Waals surface area contributed by atoms with E-state index in [9.17, 15) is 9.90 Å². The second-order valence-corrected chi connectivity index (χ2v) is 4.79. The van der Waals surface area contributed by atoms with Crippen LogP contribution in [0.25, 0.3) is 0 Å². The van der Waals surface area contributed by atoms with Gasteiger partial charge in [0.05, 0.1) is 6.54 Å². The first-order valence-electron chi connectivity index (χ1n) is 6.11. The highest BCUT2D eigenvalue weighted by Gasteiger charge is 2.31. The summed E-state index contributed by atoms with van der Waals surface area (Å²) in [4.78, 5) is 13.3. The molecule has 0 radical (unpaired) electrons. The van der Waals surface area contributed by atoms with Crippen LogP contribution >= 0.6 is 0 Å². The normalized spacial score (nSPS) is 25.9. The third-order valence-corrected chi connectivity index (χ3v) is 3.44. The predicted molar refractivity (Wildman–Crippen MR) is 63.6 cm³/mol. The fourth-order valence-corrected chi connectivity index (χ4v) is 2.38. The summed E-state index contributed by atoms with van der Waals surface area (Å²) in [6.07, 6.45) is 5.49. The lowest BCUT2D eigenvalue weighted by Crippen LogP contribution is -2.47.